The number of benzene rings is 2. The molecule has 1 heteroatoms. The predicted octanol–water partition coefficient (Wildman–Crippen LogP) is 5.14. The van der Waals surface area contributed by atoms with Crippen LogP contribution in [0.4, 0.5) is 0 Å². The summed E-state index contributed by atoms with van der Waals surface area (Å²) in [6.45, 7) is 3.82. The van der Waals surface area contributed by atoms with Crippen LogP contribution in [0.5, 0.6) is 0 Å². The first-order valence-corrected chi connectivity index (χ1v) is 7.09. The second kappa shape index (κ2) is 6.19. The Balaban J connectivity index is 2.13. The van der Waals surface area contributed by atoms with Crippen LogP contribution in [0.15, 0.2) is 85.5 Å². The second-order valence-electron chi connectivity index (χ2n) is 4.96. The summed E-state index contributed by atoms with van der Waals surface area (Å²) in [5.41, 5.74) is 5.60. The highest BCUT2D eigenvalue weighted by atomic mass is 14.7. The quantitative estimate of drug-likeness (QED) is 0.598. The third-order valence-electron chi connectivity index (χ3n) is 3.41. The third kappa shape index (κ3) is 3.09. The summed E-state index contributed by atoms with van der Waals surface area (Å²) in [4.78, 5) is 4.75. The summed E-state index contributed by atoms with van der Waals surface area (Å²) in [5.74, 6) is 0. The van der Waals surface area contributed by atoms with E-state index in [1.807, 2.05) is 30.3 Å². The Morgan fingerprint density at radius 3 is 2.00 bits per heavy atom. The van der Waals surface area contributed by atoms with Crippen LogP contribution in [0.3, 0.4) is 0 Å². The van der Waals surface area contributed by atoms with E-state index in [0.29, 0.717) is 0 Å². The van der Waals surface area contributed by atoms with Crippen molar-refractivity contribution < 1.29 is 0 Å². The molecular formula is C20H17N. The van der Waals surface area contributed by atoms with Gasteiger partial charge in [-0.15, -0.1) is 6.58 Å². The van der Waals surface area contributed by atoms with Crippen LogP contribution < -0.4 is 0 Å². The minimum absolute atomic E-state index is 0.778. The fourth-order valence-electron chi connectivity index (χ4n) is 2.39. The maximum Gasteiger partial charge on any atom is 0.0711 e. The molecule has 1 heterocycles. The molecule has 2 aromatic carbocycles. The summed E-state index contributed by atoms with van der Waals surface area (Å²) >= 11 is 0. The van der Waals surface area contributed by atoms with E-state index < -0.39 is 0 Å². The van der Waals surface area contributed by atoms with Crippen molar-refractivity contribution in [3.8, 4) is 22.4 Å². The van der Waals surface area contributed by atoms with E-state index in [1.165, 1.54) is 11.1 Å². The normalized spacial score (nSPS) is 10.3. The van der Waals surface area contributed by atoms with Gasteiger partial charge in [0.15, 0.2) is 0 Å². The van der Waals surface area contributed by atoms with Gasteiger partial charge in [0.2, 0.25) is 0 Å². The van der Waals surface area contributed by atoms with E-state index in [-0.39, 0.29) is 0 Å². The maximum atomic E-state index is 4.75. The lowest BCUT2D eigenvalue weighted by atomic mass is 10.0. The van der Waals surface area contributed by atoms with E-state index in [4.69, 9.17) is 4.98 Å². The minimum Gasteiger partial charge on any atom is -0.252 e. The van der Waals surface area contributed by atoms with Crippen molar-refractivity contribution in [2.45, 2.75) is 6.42 Å². The molecule has 3 rings (SSSR count). The van der Waals surface area contributed by atoms with E-state index in [0.717, 1.165) is 23.4 Å². The fourth-order valence-corrected chi connectivity index (χ4v) is 2.39. The fraction of sp³-hybridized carbons (Fsp3) is 0.0500. The van der Waals surface area contributed by atoms with Crippen LogP contribution in [0, 0.1) is 0 Å². The number of allylic oxidation sites excluding steroid dienone is 1. The zero-order chi connectivity index (χ0) is 14.5. The van der Waals surface area contributed by atoms with Gasteiger partial charge in [-0.2, -0.15) is 0 Å². The average molecular weight is 271 g/mol. The molecular weight excluding hydrogens is 254 g/mol. The molecule has 0 aliphatic carbocycles. The second-order valence-corrected chi connectivity index (χ2v) is 4.96. The van der Waals surface area contributed by atoms with Crippen LogP contribution in [0.1, 0.15) is 5.69 Å². The van der Waals surface area contributed by atoms with Gasteiger partial charge in [0.1, 0.15) is 0 Å². The van der Waals surface area contributed by atoms with Crippen molar-refractivity contribution in [3.05, 3.63) is 91.1 Å². The average Bonchev–Trinajstić information content (AvgIpc) is 2.56. The van der Waals surface area contributed by atoms with Crippen LogP contribution >= 0.6 is 0 Å². The maximum absolute atomic E-state index is 4.75. The van der Waals surface area contributed by atoms with Crippen molar-refractivity contribution in [1.29, 1.82) is 0 Å². The molecule has 0 fully saturated rings. The molecule has 0 spiro atoms. The van der Waals surface area contributed by atoms with Crippen LogP contribution in [0.2, 0.25) is 0 Å². The molecule has 3 aromatic rings. The topological polar surface area (TPSA) is 12.9 Å². The molecule has 102 valence electrons. The SMILES string of the molecule is C=CCc1cc(-c2ccccc2)cc(-c2ccccc2)n1. The summed E-state index contributed by atoms with van der Waals surface area (Å²) in [5, 5.41) is 0. The van der Waals surface area contributed by atoms with Gasteiger partial charge in [-0.1, -0.05) is 66.7 Å². The van der Waals surface area contributed by atoms with Crippen molar-refractivity contribution >= 4 is 0 Å². The lowest BCUT2D eigenvalue weighted by Gasteiger charge is -2.09. The van der Waals surface area contributed by atoms with Gasteiger partial charge in [-0.05, 0) is 23.3 Å². The van der Waals surface area contributed by atoms with E-state index in [2.05, 4.69) is 55.1 Å². The Bertz CT molecular complexity index is 673. The van der Waals surface area contributed by atoms with Gasteiger partial charge in [-0.25, -0.2) is 0 Å². The molecule has 0 bridgehead atoms. The number of hydrogen-bond donors (Lipinski definition) is 0. The number of pyridine rings is 1. The lowest BCUT2D eigenvalue weighted by molar-refractivity contribution is 1.12. The summed E-state index contributed by atoms with van der Waals surface area (Å²) in [6.07, 6.45) is 2.67. The van der Waals surface area contributed by atoms with Gasteiger partial charge in [0.05, 0.1) is 5.69 Å². The van der Waals surface area contributed by atoms with Gasteiger partial charge in [0, 0.05) is 17.7 Å². The first-order valence-electron chi connectivity index (χ1n) is 7.09. The Kier molecular flexibility index (Phi) is 3.92. The number of nitrogens with zero attached hydrogens (tertiary/aromatic N) is 1. The molecule has 0 radical (unpaired) electrons. The molecule has 0 atom stereocenters. The van der Waals surface area contributed by atoms with Crippen molar-refractivity contribution in [1.82, 2.24) is 4.98 Å². The van der Waals surface area contributed by atoms with Crippen molar-refractivity contribution in [3.63, 3.8) is 0 Å². The monoisotopic (exact) mass is 271 g/mol. The Morgan fingerprint density at radius 1 is 0.762 bits per heavy atom. The summed E-state index contributed by atoms with van der Waals surface area (Å²) in [7, 11) is 0. The van der Waals surface area contributed by atoms with E-state index in [1.54, 1.807) is 0 Å². The third-order valence-corrected chi connectivity index (χ3v) is 3.41. The highest BCUT2D eigenvalue weighted by Crippen LogP contribution is 2.26. The van der Waals surface area contributed by atoms with Crippen LogP contribution in [0.25, 0.3) is 22.4 Å². The highest BCUT2D eigenvalue weighted by molar-refractivity contribution is 5.71. The Labute approximate surface area is 125 Å². The van der Waals surface area contributed by atoms with Crippen LogP contribution in [-0.4, -0.2) is 4.98 Å². The molecule has 0 amide bonds. The van der Waals surface area contributed by atoms with Gasteiger partial charge in [0.25, 0.3) is 0 Å². The molecule has 0 saturated heterocycles. The Hall–Kier alpha value is -2.67. The largest absolute Gasteiger partial charge is 0.252 e. The number of hydrogen-bond acceptors (Lipinski definition) is 1. The standard InChI is InChI=1S/C20H17N/c1-2-9-19-14-18(16-10-5-3-6-11-16)15-20(21-19)17-12-7-4-8-13-17/h2-8,10-15H,1,9H2. The van der Waals surface area contributed by atoms with Crippen molar-refractivity contribution in [2.24, 2.45) is 0 Å². The van der Waals surface area contributed by atoms with E-state index >= 15 is 0 Å². The zero-order valence-corrected chi connectivity index (χ0v) is 11.9. The number of aromatic nitrogens is 1. The highest BCUT2D eigenvalue weighted by Gasteiger charge is 2.06. The number of rotatable bonds is 4. The van der Waals surface area contributed by atoms with E-state index in [9.17, 15) is 0 Å². The van der Waals surface area contributed by atoms with Gasteiger partial charge in [-0.3, -0.25) is 4.98 Å². The van der Waals surface area contributed by atoms with Crippen LogP contribution in [-0.2, 0) is 6.42 Å². The molecule has 1 aromatic heterocycles. The summed E-state index contributed by atoms with van der Waals surface area (Å²) < 4.78 is 0. The molecule has 1 nitrogen and oxygen atoms in total. The molecule has 0 aliphatic heterocycles. The van der Waals surface area contributed by atoms with Gasteiger partial charge < -0.3 is 0 Å². The van der Waals surface area contributed by atoms with Crippen molar-refractivity contribution in [2.75, 3.05) is 0 Å². The molecule has 0 saturated carbocycles. The molecule has 0 aliphatic rings. The first kappa shape index (κ1) is 13.3. The summed E-state index contributed by atoms with van der Waals surface area (Å²) in [6, 6.07) is 25.0. The zero-order valence-electron chi connectivity index (χ0n) is 11.9. The molecule has 0 N–H and O–H groups in total. The predicted molar refractivity (Wildman–Crippen MR) is 89.0 cm³/mol. The smallest absolute Gasteiger partial charge is 0.0711 e. The molecule has 0 unspecified atom stereocenters. The van der Waals surface area contributed by atoms with Gasteiger partial charge >= 0.3 is 0 Å². The molecule has 21 heavy (non-hydrogen) atoms. The minimum atomic E-state index is 0.778. The first-order chi connectivity index (χ1) is 10.4. The Morgan fingerprint density at radius 2 is 1.38 bits per heavy atom. The lowest BCUT2D eigenvalue weighted by Crippen LogP contribution is -1.93.